The highest BCUT2D eigenvalue weighted by Crippen LogP contribution is 2.44. The number of alkyl halides is 3. The van der Waals surface area contributed by atoms with E-state index in [0.717, 1.165) is 40.8 Å². The van der Waals surface area contributed by atoms with Crippen molar-refractivity contribution in [2.45, 2.75) is 49.1 Å². The van der Waals surface area contributed by atoms with Crippen molar-refractivity contribution in [2.24, 2.45) is 5.73 Å². The van der Waals surface area contributed by atoms with Crippen molar-refractivity contribution in [2.75, 3.05) is 13.1 Å². The van der Waals surface area contributed by atoms with Crippen LogP contribution in [0.1, 0.15) is 60.5 Å². The molecule has 0 bridgehead atoms. The highest BCUT2D eigenvalue weighted by Gasteiger charge is 2.50. The van der Waals surface area contributed by atoms with E-state index in [9.17, 15) is 21.6 Å². The van der Waals surface area contributed by atoms with Gasteiger partial charge in [-0.2, -0.15) is 17.5 Å². The topological polar surface area (TPSA) is 81.2 Å². The molecule has 5 rings (SSSR count). The number of halogens is 4. The molecule has 2 aliphatic rings. The molecule has 2 heterocycles. The van der Waals surface area contributed by atoms with Gasteiger partial charge in [-0.25, -0.2) is 13.4 Å². The van der Waals surface area contributed by atoms with Crippen LogP contribution in [0.25, 0.3) is 11.0 Å². The molecule has 1 aliphatic carbocycles. The van der Waals surface area contributed by atoms with Crippen LogP contribution in [-0.4, -0.2) is 45.9 Å². The van der Waals surface area contributed by atoms with Crippen LogP contribution >= 0.6 is 23.8 Å². The van der Waals surface area contributed by atoms with Gasteiger partial charge in [0.2, 0.25) is 0 Å². The number of nitrogens with two attached hydrogens (primary N) is 1. The van der Waals surface area contributed by atoms with Crippen LogP contribution in [0.4, 0.5) is 13.2 Å². The molecular weight excluding hydrogens is 533 g/mol. The molecule has 2 aromatic carbocycles. The molecule has 0 radical (unpaired) electrons. The summed E-state index contributed by atoms with van der Waals surface area (Å²) in [6.07, 6.45) is 2.52. The minimum absolute atomic E-state index is 0.167. The molecule has 1 aromatic heterocycles. The van der Waals surface area contributed by atoms with Gasteiger partial charge in [0.25, 0.3) is 0 Å². The second-order valence-electron chi connectivity index (χ2n) is 9.33. The first-order valence-corrected chi connectivity index (χ1v) is 13.8. The average molecular weight is 557 g/mol. The minimum atomic E-state index is -5.34. The van der Waals surface area contributed by atoms with E-state index in [1.165, 1.54) is 0 Å². The Bertz CT molecular complexity index is 1410. The Kier molecular flexibility index (Phi) is 6.55. The summed E-state index contributed by atoms with van der Waals surface area (Å²) in [5.74, 6) is 0.839. The Morgan fingerprint density at radius 2 is 1.67 bits per heavy atom. The number of imidazole rings is 1. The molecule has 1 saturated heterocycles. The quantitative estimate of drug-likeness (QED) is 0.407. The van der Waals surface area contributed by atoms with Crippen LogP contribution in [0.2, 0.25) is 5.02 Å². The molecule has 0 amide bonds. The first-order chi connectivity index (χ1) is 17.0. The predicted octanol–water partition coefficient (Wildman–Crippen LogP) is 5.47. The van der Waals surface area contributed by atoms with Crippen LogP contribution in [-0.2, 0) is 10.0 Å². The Morgan fingerprint density at radius 3 is 2.22 bits per heavy atom. The van der Waals surface area contributed by atoms with E-state index in [0.29, 0.717) is 20.2 Å². The number of aromatic nitrogens is 2. The van der Waals surface area contributed by atoms with Crippen LogP contribution < -0.4 is 5.73 Å². The fraction of sp³-hybridized carbons (Fsp3) is 0.417. The summed E-state index contributed by atoms with van der Waals surface area (Å²) in [4.78, 5) is 5.16. The Balaban J connectivity index is 1.52. The lowest BCUT2D eigenvalue weighted by molar-refractivity contribution is -0.0496. The van der Waals surface area contributed by atoms with Crippen molar-refractivity contribution in [3.63, 3.8) is 0 Å². The molecule has 192 valence electrons. The molecule has 2 N–H and O–H groups in total. The van der Waals surface area contributed by atoms with Gasteiger partial charge >= 0.3 is 15.5 Å². The minimum Gasteiger partial charge on any atom is -0.393 e. The number of rotatable bonds is 6. The lowest BCUT2D eigenvalue weighted by Crippen LogP contribution is -2.45. The third kappa shape index (κ3) is 4.62. The third-order valence-electron chi connectivity index (χ3n) is 6.93. The first-order valence-electron chi connectivity index (χ1n) is 11.6. The predicted molar refractivity (Wildman–Crippen MR) is 137 cm³/mol. The zero-order valence-corrected chi connectivity index (χ0v) is 21.5. The maximum atomic E-state index is 13.0. The number of sulfonamides is 1. The Hall–Kier alpha value is -2.21. The Labute approximate surface area is 217 Å². The molecule has 12 heteroatoms. The van der Waals surface area contributed by atoms with Gasteiger partial charge in [-0.05, 0) is 61.1 Å². The lowest BCUT2D eigenvalue weighted by Gasteiger charge is -2.33. The summed E-state index contributed by atoms with van der Waals surface area (Å²) in [7, 11) is -5.34. The van der Waals surface area contributed by atoms with Crippen LogP contribution in [0.5, 0.6) is 0 Å². The van der Waals surface area contributed by atoms with Crippen LogP contribution in [0.3, 0.4) is 0 Å². The van der Waals surface area contributed by atoms with E-state index < -0.39 is 15.5 Å². The van der Waals surface area contributed by atoms with E-state index in [4.69, 9.17) is 34.5 Å². The summed E-state index contributed by atoms with van der Waals surface area (Å²) >= 11 is 11.4. The number of piperidine rings is 1. The number of hydrogen-bond acceptors (Lipinski definition) is 4. The summed E-state index contributed by atoms with van der Waals surface area (Å²) in [6.45, 7) is -0.396. The van der Waals surface area contributed by atoms with Crippen LogP contribution in [0.15, 0.2) is 42.5 Å². The summed E-state index contributed by atoms with van der Waals surface area (Å²) in [5.41, 5.74) is 4.24. The lowest BCUT2D eigenvalue weighted by atomic mass is 9.91. The third-order valence-corrected chi connectivity index (χ3v) is 9.04. The van der Waals surface area contributed by atoms with Crippen molar-refractivity contribution in [3.8, 4) is 0 Å². The van der Waals surface area contributed by atoms with Gasteiger partial charge in [-0.3, -0.25) is 0 Å². The molecule has 1 aliphatic heterocycles. The van der Waals surface area contributed by atoms with Crippen molar-refractivity contribution in [1.29, 1.82) is 0 Å². The number of hydrogen-bond donors (Lipinski definition) is 1. The van der Waals surface area contributed by atoms with Crippen molar-refractivity contribution < 1.29 is 21.6 Å². The molecular formula is C24H24ClF3N4O2S2. The van der Waals surface area contributed by atoms with E-state index in [1.807, 2.05) is 30.3 Å². The van der Waals surface area contributed by atoms with E-state index in [2.05, 4.69) is 4.57 Å². The number of thiocarbonyl (C=S) groups is 1. The van der Waals surface area contributed by atoms with E-state index in [-0.39, 0.29) is 37.9 Å². The molecule has 0 spiro atoms. The smallest absolute Gasteiger partial charge is 0.393 e. The molecule has 2 fully saturated rings. The zero-order valence-electron chi connectivity index (χ0n) is 19.1. The van der Waals surface area contributed by atoms with Gasteiger partial charge < -0.3 is 10.3 Å². The molecule has 6 nitrogen and oxygen atoms in total. The van der Waals surface area contributed by atoms with Gasteiger partial charge in [0.15, 0.2) is 0 Å². The van der Waals surface area contributed by atoms with Gasteiger partial charge in [0.1, 0.15) is 5.82 Å². The van der Waals surface area contributed by atoms with Crippen LogP contribution in [0, 0.1) is 0 Å². The highest BCUT2D eigenvalue weighted by atomic mass is 35.5. The SMILES string of the molecule is NC(=S)C(c1ccc(Cl)cc1)c1ccc2nc(C3CC3)n(C3CCN(S(=O)(=O)C(F)(F)F)CC3)c2c1. The normalized spacial score (nSPS) is 19.0. The summed E-state index contributed by atoms with van der Waals surface area (Å²) < 4.78 is 65.6. The van der Waals surface area contributed by atoms with Gasteiger partial charge in [0, 0.05) is 30.1 Å². The first kappa shape index (κ1) is 25.4. The van der Waals surface area contributed by atoms with Gasteiger partial charge in [-0.1, -0.05) is 42.0 Å². The largest absolute Gasteiger partial charge is 0.511 e. The fourth-order valence-electron chi connectivity index (χ4n) is 4.98. The fourth-order valence-corrected chi connectivity index (χ4v) is 6.37. The van der Waals surface area contributed by atoms with Crippen molar-refractivity contribution in [3.05, 3.63) is 64.4 Å². The number of nitrogens with zero attached hydrogens (tertiary/aromatic N) is 3. The van der Waals surface area contributed by atoms with Crippen molar-refractivity contribution >= 4 is 49.9 Å². The standard InChI is InChI=1S/C24H24ClF3N4O2S2/c25-17-6-3-14(4-7-17)21(22(29)35)16-5-8-19-20(13-16)32(23(30-19)15-1-2-15)18-9-11-31(12-10-18)36(33,34)24(26,27)28/h3-8,13,15,18,21H,1-2,9-12H2,(H2,29,35). The monoisotopic (exact) mass is 556 g/mol. The van der Waals surface area contributed by atoms with Crippen molar-refractivity contribution in [1.82, 2.24) is 13.9 Å². The average Bonchev–Trinajstić information content (AvgIpc) is 3.60. The second-order valence-corrected chi connectivity index (χ2v) is 12.2. The number of benzene rings is 2. The zero-order chi connectivity index (χ0) is 25.8. The van der Waals surface area contributed by atoms with Gasteiger partial charge in [-0.15, -0.1) is 0 Å². The molecule has 36 heavy (non-hydrogen) atoms. The Morgan fingerprint density at radius 1 is 1.06 bits per heavy atom. The summed E-state index contributed by atoms with van der Waals surface area (Å²) in [6, 6.07) is 13.0. The molecule has 1 saturated carbocycles. The van der Waals surface area contributed by atoms with E-state index in [1.54, 1.807) is 12.1 Å². The van der Waals surface area contributed by atoms with E-state index >= 15 is 0 Å². The highest BCUT2D eigenvalue weighted by molar-refractivity contribution is 7.90. The summed E-state index contributed by atoms with van der Waals surface area (Å²) in [5, 5.41) is 0.599. The molecule has 3 aromatic rings. The maximum absolute atomic E-state index is 13.0. The van der Waals surface area contributed by atoms with Gasteiger partial charge in [0.05, 0.1) is 21.9 Å². The maximum Gasteiger partial charge on any atom is 0.511 e. The second kappa shape index (κ2) is 9.27. The molecule has 1 unspecified atom stereocenters. The number of fused-ring (bicyclic) bond motifs is 1. The molecule has 1 atom stereocenters.